The van der Waals surface area contributed by atoms with Crippen LogP contribution in [0.3, 0.4) is 0 Å². The van der Waals surface area contributed by atoms with Gasteiger partial charge in [0.2, 0.25) is 0 Å². The summed E-state index contributed by atoms with van der Waals surface area (Å²) in [6, 6.07) is 5.79. The van der Waals surface area contributed by atoms with Gasteiger partial charge in [-0.1, -0.05) is 39.0 Å². The quantitative estimate of drug-likeness (QED) is 0.865. The van der Waals surface area contributed by atoms with Crippen molar-refractivity contribution in [3.05, 3.63) is 35.4 Å². The van der Waals surface area contributed by atoms with Gasteiger partial charge in [-0.05, 0) is 35.9 Å². The molecule has 4 heteroatoms. The molecule has 0 aliphatic carbocycles. The number of halogens is 3. The highest BCUT2D eigenvalue weighted by Gasteiger charge is 2.37. The topological polar surface area (TPSA) is 26.0 Å². The number of nitrogens with two attached hydrogens (primary N) is 1. The van der Waals surface area contributed by atoms with Crippen molar-refractivity contribution in [2.75, 3.05) is 6.54 Å². The van der Waals surface area contributed by atoms with Gasteiger partial charge in [0.15, 0.2) is 0 Å². The summed E-state index contributed by atoms with van der Waals surface area (Å²) in [5.41, 5.74) is 5.10. The van der Waals surface area contributed by atoms with Crippen molar-refractivity contribution in [2.45, 2.75) is 39.3 Å². The minimum absolute atomic E-state index is 0.194. The monoisotopic (exact) mass is 259 g/mol. The third-order valence-corrected chi connectivity index (χ3v) is 3.14. The van der Waals surface area contributed by atoms with E-state index in [2.05, 4.69) is 0 Å². The molecule has 0 fully saturated rings. The largest absolute Gasteiger partial charge is 0.416 e. The van der Waals surface area contributed by atoms with Crippen molar-refractivity contribution < 1.29 is 13.2 Å². The van der Waals surface area contributed by atoms with Crippen molar-refractivity contribution >= 4 is 0 Å². The molecule has 0 aromatic heterocycles. The fourth-order valence-corrected chi connectivity index (χ4v) is 2.28. The molecule has 1 rings (SSSR count). The standard InChI is InChI=1S/C14H20F3N/c1-13(2,3)11(8-9-18)10-6-4-5-7-12(10)14(15,16)17/h4-7,11H,8-9,18H2,1-3H3. The summed E-state index contributed by atoms with van der Waals surface area (Å²) in [6.45, 7) is 6.22. The molecular weight excluding hydrogens is 239 g/mol. The molecule has 0 spiro atoms. The van der Waals surface area contributed by atoms with Crippen molar-refractivity contribution in [3.8, 4) is 0 Å². The molecule has 18 heavy (non-hydrogen) atoms. The summed E-state index contributed by atoms with van der Waals surface area (Å²) < 4.78 is 39.0. The summed E-state index contributed by atoms with van der Waals surface area (Å²) in [5.74, 6) is -0.194. The first-order chi connectivity index (χ1) is 8.18. The van der Waals surface area contributed by atoms with Crippen LogP contribution >= 0.6 is 0 Å². The average Bonchev–Trinajstić information content (AvgIpc) is 2.23. The van der Waals surface area contributed by atoms with E-state index in [0.717, 1.165) is 6.07 Å². The fourth-order valence-electron chi connectivity index (χ4n) is 2.28. The van der Waals surface area contributed by atoms with Crippen LogP contribution in [-0.2, 0) is 6.18 Å². The second kappa shape index (κ2) is 5.31. The lowest BCUT2D eigenvalue weighted by Crippen LogP contribution is -2.24. The first-order valence-electron chi connectivity index (χ1n) is 6.04. The zero-order valence-electron chi connectivity index (χ0n) is 11.0. The molecule has 1 aromatic rings. The Kier molecular flexibility index (Phi) is 4.43. The Labute approximate surface area is 106 Å². The molecule has 0 aliphatic rings. The molecule has 2 N–H and O–H groups in total. The SMILES string of the molecule is CC(C)(C)C(CCN)c1ccccc1C(F)(F)F. The van der Waals surface area contributed by atoms with Crippen molar-refractivity contribution in [1.82, 2.24) is 0 Å². The number of alkyl halides is 3. The van der Waals surface area contributed by atoms with Crippen LogP contribution in [0.15, 0.2) is 24.3 Å². The second-order valence-electron chi connectivity index (χ2n) is 5.58. The van der Waals surface area contributed by atoms with Gasteiger partial charge in [0, 0.05) is 0 Å². The van der Waals surface area contributed by atoms with Crippen LogP contribution in [0.5, 0.6) is 0 Å². The van der Waals surface area contributed by atoms with Gasteiger partial charge in [0.1, 0.15) is 0 Å². The van der Waals surface area contributed by atoms with E-state index in [1.165, 1.54) is 6.07 Å². The predicted molar refractivity (Wildman–Crippen MR) is 67.3 cm³/mol. The van der Waals surface area contributed by atoms with Gasteiger partial charge in [0.05, 0.1) is 5.56 Å². The zero-order valence-corrected chi connectivity index (χ0v) is 11.0. The van der Waals surface area contributed by atoms with E-state index in [1.807, 2.05) is 20.8 Å². The first-order valence-corrected chi connectivity index (χ1v) is 6.04. The molecule has 102 valence electrons. The van der Waals surface area contributed by atoms with Gasteiger partial charge in [-0.3, -0.25) is 0 Å². The van der Waals surface area contributed by atoms with Gasteiger partial charge in [0.25, 0.3) is 0 Å². The van der Waals surface area contributed by atoms with Gasteiger partial charge in [-0.25, -0.2) is 0 Å². The van der Waals surface area contributed by atoms with Crippen molar-refractivity contribution in [1.29, 1.82) is 0 Å². The van der Waals surface area contributed by atoms with Crippen molar-refractivity contribution in [3.63, 3.8) is 0 Å². The second-order valence-corrected chi connectivity index (χ2v) is 5.58. The highest BCUT2D eigenvalue weighted by molar-refractivity contribution is 5.33. The molecule has 0 bridgehead atoms. The Balaban J connectivity index is 3.29. The number of rotatable bonds is 3. The Hall–Kier alpha value is -1.03. The van der Waals surface area contributed by atoms with Crippen LogP contribution in [0, 0.1) is 5.41 Å². The maximum Gasteiger partial charge on any atom is 0.416 e. The molecule has 0 saturated heterocycles. The lowest BCUT2D eigenvalue weighted by molar-refractivity contribution is -0.138. The number of hydrogen-bond acceptors (Lipinski definition) is 1. The van der Waals surface area contributed by atoms with Crippen LogP contribution in [0.4, 0.5) is 13.2 Å². The highest BCUT2D eigenvalue weighted by atomic mass is 19.4. The summed E-state index contributed by atoms with van der Waals surface area (Å²) in [5, 5.41) is 0. The van der Waals surface area contributed by atoms with E-state index in [4.69, 9.17) is 5.73 Å². The summed E-state index contributed by atoms with van der Waals surface area (Å²) in [6.07, 6.45) is -3.76. The van der Waals surface area contributed by atoms with E-state index in [1.54, 1.807) is 12.1 Å². The van der Waals surface area contributed by atoms with Crippen LogP contribution < -0.4 is 5.73 Å². The maximum atomic E-state index is 13.0. The minimum atomic E-state index is -4.31. The van der Waals surface area contributed by atoms with Crippen LogP contribution in [0.25, 0.3) is 0 Å². The summed E-state index contributed by atoms with van der Waals surface area (Å²) >= 11 is 0. The van der Waals surface area contributed by atoms with Crippen LogP contribution in [0.2, 0.25) is 0 Å². The Morgan fingerprint density at radius 3 is 2.11 bits per heavy atom. The lowest BCUT2D eigenvalue weighted by atomic mass is 9.73. The van der Waals surface area contributed by atoms with E-state index < -0.39 is 11.7 Å². The molecule has 1 nitrogen and oxygen atoms in total. The van der Waals surface area contributed by atoms with Crippen LogP contribution in [-0.4, -0.2) is 6.54 Å². The highest BCUT2D eigenvalue weighted by Crippen LogP contribution is 2.43. The Morgan fingerprint density at radius 2 is 1.67 bits per heavy atom. The average molecular weight is 259 g/mol. The zero-order chi connectivity index (χ0) is 14.0. The first kappa shape index (κ1) is 15.0. The van der Waals surface area contributed by atoms with E-state index in [-0.39, 0.29) is 11.3 Å². The smallest absolute Gasteiger partial charge is 0.330 e. The maximum absolute atomic E-state index is 13.0. The van der Waals surface area contributed by atoms with E-state index in [9.17, 15) is 13.2 Å². The third-order valence-electron chi connectivity index (χ3n) is 3.14. The normalized spacial score (nSPS) is 14.6. The van der Waals surface area contributed by atoms with Gasteiger partial charge < -0.3 is 5.73 Å². The molecule has 1 aromatic carbocycles. The number of benzene rings is 1. The predicted octanol–water partition coefficient (Wildman–Crippen LogP) is 4.18. The Bertz CT molecular complexity index is 391. The summed E-state index contributed by atoms with van der Waals surface area (Å²) in [4.78, 5) is 0. The van der Waals surface area contributed by atoms with Gasteiger partial charge >= 0.3 is 6.18 Å². The third kappa shape index (κ3) is 3.48. The van der Waals surface area contributed by atoms with E-state index in [0.29, 0.717) is 18.5 Å². The van der Waals surface area contributed by atoms with Crippen LogP contribution in [0.1, 0.15) is 44.2 Å². The molecule has 0 saturated carbocycles. The molecule has 0 heterocycles. The minimum Gasteiger partial charge on any atom is -0.330 e. The van der Waals surface area contributed by atoms with Gasteiger partial charge in [-0.2, -0.15) is 13.2 Å². The summed E-state index contributed by atoms with van der Waals surface area (Å²) in [7, 11) is 0. The van der Waals surface area contributed by atoms with Gasteiger partial charge in [-0.15, -0.1) is 0 Å². The molecule has 1 unspecified atom stereocenters. The number of hydrogen-bond donors (Lipinski definition) is 1. The molecule has 0 aliphatic heterocycles. The van der Waals surface area contributed by atoms with E-state index >= 15 is 0 Å². The Morgan fingerprint density at radius 1 is 1.11 bits per heavy atom. The lowest BCUT2D eigenvalue weighted by Gasteiger charge is -2.32. The molecular formula is C14H20F3N. The molecule has 0 radical (unpaired) electrons. The molecule has 1 atom stereocenters. The fraction of sp³-hybridized carbons (Fsp3) is 0.571. The molecule has 0 amide bonds. The van der Waals surface area contributed by atoms with Crippen molar-refractivity contribution in [2.24, 2.45) is 11.1 Å².